The molecule has 1 aromatic carbocycles. The van der Waals surface area contributed by atoms with Crippen molar-refractivity contribution in [1.82, 2.24) is 4.90 Å². The van der Waals surface area contributed by atoms with Gasteiger partial charge >= 0.3 is 11.7 Å². The van der Waals surface area contributed by atoms with Crippen molar-refractivity contribution in [3.63, 3.8) is 0 Å². The Labute approximate surface area is 134 Å². The summed E-state index contributed by atoms with van der Waals surface area (Å²) in [7, 11) is 1.18. The monoisotopic (exact) mass is 324 g/mol. The van der Waals surface area contributed by atoms with Gasteiger partial charge < -0.3 is 14.2 Å². The maximum atomic E-state index is 11.6. The molecule has 1 aliphatic rings. The lowest BCUT2D eigenvalue weighted by molar-refractivity contribution is -0.386. The topological polar surface area (TPSA) is 91.1 Å². The molecule has 0 N–H and O–H groups in total. The molecule has 1 saturated heterocycles. The third-order valence-electron chi connectivity index (χ3n) is 3.57. The molecule has 1 fully saturated rings. The van der Waals surface area contributed by atoms with Gasteiger partial charge in [-0.1, -0.05) is 6.07 Å². The Morgan fingerprint density at radius 2 is 2.13 bits per heavy atom. The van der Waals surface area contributed by atoms with Crippen LogP contribution in [0.1, 0.15) is 16.8 Å². The molecular formula is C15H20N2O6. The quantitative estimate of drug-likeness (QED) is 0.325. The molecule has 126 valence electrons. The number of carbonyl (C=O) groups excluding carboxylic acids is 1. The minimum atomic E-state index is -0.754. The molecule has 0 bridgehead atoms. The predicted octanol–water partition coefficient (Wildman–Crippen LogP) is 1.48. The molecule has 1 aromatic rings. The zero-order chi connectivity index (χ0) is 16.7. The van der Waals surface area contributed by atoms with Crippen LogP contribution in [-0.2, 0) is 9.47 Å². The molecule has 0 unspecified atom stereocenters. The molecule has 8 heteroatoms. The summed E-state index contributed by atoms with van der Waals surface area (Å²) in [5.41, 5.74) is -0.464. The number of ether oxygens (including phenoxy) is 3. The Balaban J connectivity index is 1.96. The first-order valence-corrected chi connectivity index (χ1v) is 7.42. The first kappa shape index (κ1) is 17.2. The number of benzene rings is 1. The van der Waals surface area contributed by atoms with Crippen molar-refractivity contribution < 1.29 is 23.9 Å². The summed E-state index contributed by atoms with van der Waals surface area (Å²) in [6.07, 6.45) is 0.736. The van der Waals surface area contributed by atoms with E-state index in [2.05, 4.69) is 9.64 Å². The number of morpholine rings is 1. The van der Waals surface area contributed by atoms with Crippen LogP contribution in [0.4, 0.5) is 5.69 Å². The van der Waals surface area contributed by atoms with Crippen molar-refractivity contribution in [3.8, 4) is 5.75 Å². The van der Waals surface area contributed by atoms with Gasteiger partial charge in [-0.2, -0.15) is 0 Å². The van der Waals surface area contributed by atoms with Crippen LogP contribution in [0.3, 0.4) is 0 Å². The first-order chi connectivity index (χ1) is 11.1. The highest BCUT2D eigenvalue weighted by molar-refractivity contribution is 5.95. The zero-order valence-corrected chi connectivity index (χ0v) is 13.0. The van der Waals surface area contributed by atoms with E-state index in [0.717, 1.165) is 39.3 Å². The third-order valence-corrected chi connectivity index (χ3v) is 3.57. The Kier molecular flexibility index (Phi) is 6.30. The molecule has 0 saturated carbocycles. The summed E-state index contributed by atoms with van der Waals surface area (Å²) in [6.45, 7) is 4.41. The van der Waals surface area contributed by atoms with Crippen molar-refractivity contribution >= 4 is 11.7 Å². The van der Waals surface area contributed by atoms with Crippen LogP contribution >= 0.6 is 0 Å². The van der Waals surface area contributed by atoms with Crippen LogP contribution in [-0.4, -0.2) is 62.4 Å². The largest absolute Gasteiger partial charge is 0.487 e. The smallest absolute Gasteiger partial charge is 0.345 e. The van der Waals surface area contributed by atoms with E-state index in [1.54, 1.807) is 0 Å². The van der Waals surface area contributed by atoms with E-state index >= 15 is 0 Å². The van der Waals surface area contributed by atoms with Crippen molar-refractivity contribution in [1.29, 1.82) is 0 Å². The molecule has 8 nitrogen and oxygen atoms in total. The van der Waals surface area contributed by atoms with Crippen LogP contribution in [0.2, 0.25) is 0 Å². The summed E-state index contributed by atoms with van der Waals surface area (Å²) >= 11 is 0. The van der Waals surface area contributed by atoms with E-state index in [-0.39, 0.29) is 17.0 Å². The van der Waals surface area contributed by atoms with E-state index in [1.807, 2.05) is 0 Å². The number of hydrogen-bond acceptors (Lipinski definition) is 7. The lowest BCUT2D eigenvalue weighted by atomic mass is 10.1. The Morgan fingerprint density at radius 3 is 2.78 bits per heavy atom. The van der Waals surface area contributed by atoms with Gasteiger partial charge in [-0.05, 0) is 18.6 Å². The van der Waals surface area contributed by atoms with E-state index in [4.69, 9.17) is 9.47 Å². The summed E-state index contributed by atoms with van der Waals surface area (Å²) in [5.74, 6) is -0.671. The van der Waals surface area contributed by atoms with Gasteiger partial charge in [-0.15, -0.1) is 0 Å². The summed E-state index contributed by atoms with van der Waals surface area (Å²) in [4.78, 5) is 24.5. The number of methoxy groups -OCH3 is 1. The molecule has 0 radical (unpaired) electrons. The second-order valence-corrected chi connectivity index (χ2v) is 5.06. The van der Waals surface area contributed by atoms with Gasteiger partial charge in [0.15, 0.2) is 5.75 Å². The number of rotatable bonds is 7. The average molecular weight is 324 g/mol. The Bertz CT molecular complexity index is 557. The van der Waals surface area contributed by atoms with Crippen LogP contribution in [0, 0.1) is 10.1 Å². The van der Waals surface area contributed by atoms with E-state index < -0.39 is 10.9 Å². The molecule has 0 atom stereocenters. The SMILES string of the molecule is COC(=O)c1cccc(OCCCN2CCOCC2)c1[N+](=O)[O-]. The van der Waals surface area contributed by atoms with Crippen molar-refractivity contribution in [2.75, 3.05) is 46.6 Å². The maximum absolute atomic E-state index is 11.6. The van der Waals surface area contributed by atoms with Crippen molar-refractivity contribution in [2.45, 2.75) is 6.42 Å². The fourth-order valence-corrected chi connectivity index (χ4v) is 2.40. The molecule has 0 amide bonds. The number of carbonyl (C=O) groups is 1. The molecule has 0 spiro atoms. The minimum absolute atomic E-state index is 0.0832. The van der Waals surface area contributed by atoms with Crippen LogP contribution in [0.25, 0.3) is 0 Å². The highest BCUT2D eigenvalue weighted by Crippen LogP contribution is 2.31. The van der Waals surface area contributed by atoms with Gasteiger partial charge in [0.05, 0.1) is 31.9 Å². The molecule has 23 heavy (non-hydrogen) atoms. The van der Waals surface area contributed by atoms with E-state index in [1.165, 1.54) is 25.3 Å². The van der Waals surface area contributed by atoms with Gasteiger partial charge in [0.2, 0.25) is 0 Å². The number of nitro benzene ring substituents is 1. The van der Waals surface area contributed by atoms with Gasteiger partial charge in [-0.3, -0.25) is 15.0 Å². The van der Waals surface area contributed by atoms with Gasteiger partial charge in [0.25, 0.3) is 0 Å². The van der Waals surface area contributed by atoms with Crippen LogP contribution in [0.5, 0.6) is 5.75 Å². The third kappa shape index (κ3) is 4.64. The Morgan fingerprint density at radius 1 is 1.39 bits per heavy atom. The van der Waals surface area contributed by atoms with E-state index in [9.17, 15) is 14.9 Å². The molecule has 0 aromatic heterocycles. The number of para-hydroxylation sites is 1. The number of hydrogen-bond donors (Lipinski definition) is 0. The van der Waals surface area contributed by atoms with Gasteiger partial charge in [0.1, 0.15) is 5.56 Å². The van der Waals surface area contributed by atoms with Gasteiger partial charge in [0, 0.05) is 19.6 Å². The molecule has 2 rings (SSSR count). The second kappa shape index (κ2) is 8.44. The van der Waals surface area contributed by atoms with Crippen molar-refractivity contribution in [2.24, 2.45) is 0 Å². The molecule has 0 aliphatic carbocycles. The molecule has 1 heterocycles. The summed E-state index contributed by atoms with van der Waals surface area (Å²) < 4.78 is 15.4. The second-order valence-electron chi connectivity index (χ2n) is 5.06. The summed E-state index contributed by atoms with van der Waals surface area (Å²) in [5, 5.41) is 11.2. The Hall–Kier alpha value is -2.19. The van der Waals surface area contributed by atoms with Crippen LogP contribution in [0.15, 0.2) is 18.2 Å². The standard InChI is InChI=1S/C15H20N2O6/c1-21-15(18)12-4-2-5-13(14(12)17(19)20)23-9-3-6-16-7-10-22-11-8-16/h2,4-5H,3,6-11H2,1H3. The van der Waals surface area contributed by atoms with Gasteiger partial charge in [-0.25, -0.2) is 4.79 Å². The minimum Gasteiger partial charge on any atom is -0.487 e. The summed E-state index contributed by atoms with van der Waals surface area (Å²) in [6, 6.07) is 4.38. The number of nitro groups is 1. The fourth-order valence-electron chi connectivity index (χ4n) is 2.40. The average Bonchev–Trinajstić information content (AvgIpc) is 2.58. The predicted molar refractivity (Wildman–Crippen MR) is 81.8 cm³/mol. The highest BCUT2D eigenvalue weighted by Gasteiger charge is 2.26. The normalized spacial score (nSPS) is 15.2. The zero-order valence-electron chi connectivity index (χ0n) is 13.0. The first-order valence-electron chi connectivity index (χ1n) is 7.42. The number of nitrogens with zero attached hydrogens (tertiary/aromatic N) is 2. The van der Waals surface area contributed by atoms with E-state index in [0.29, 0.717) is 6.61 Å². The lowest BCUT2D eigenvalue weighted by Crippen LogP contribution is -2.37. The molecule has 1 aliphatic heterocycles. The fraction of sp³-hybridized carbons (Fsp3) is 0.533. The van der Waals surface area contributed by atoms with Crippen LogP contribution < -0.4 is 4.74 Å². The lowest BCUT2D eigenvalue weighted by Gasteiger charge is -2.26. The molecular weight excluding hydrogens is 304 g/mol. The highest BCUT2D eigenvalue weighted by atomic mass is 16.6. The maximum Gasteiger partial charge on any atom is 0.345 e. The van der Waals surface area contributed by atoms with Crippen molar-refractivity contribution in [3.05, 3.63) is 33.9 Å². The number of esters is 1.